The van der Waals surface area contributed by atoms with Crippen LogP contribution in [0.25, 0.3) is 0 Å². The zero-order chi connectivity index (χ0) is 13.8. The van der Waals surface area contributed by atoms with Crippen LogP contribution in [0, 0.1) is 0 Å². The third-order valence-electron chi connectivity index (χ3n) is 3.00. The summed E-state index contributed by atoms with van der Waals surface area (Å²) < 4.78 is 0. The number of oxime groups is 1. The topological polar surface area (TPSA) is 91.0 Å². The van der Waals surface area contributed by atoms with E-state index in [1.54, 1.807) is 23.1 Å². The molecule has 0 aliphatic carbocycles. The Kier molecular flexibility index (Phi) is 4.11. The van der Waals surface area contributed by atoms with Crippen LogP contribution in [0.4, 0.5) is 10.5 Å². The first-order valence-electron chi connectivity index (χ1n) is 5.95. The Labute approximate surface area is 115 Å². The zero-order valence-electron chi connectivity index (χ0n) is 10.3. The van der Waals surface area contributed by atoms with Crippen molar-refractivity contribution in [3.63, 3.8) is 0 Å². The zero-order valence-corrected chi connectivity index (χ0v) is 11.0. The molecule has 2 rings (SSSR count). The van der Waals surface area contributed by atoms with E-state index in [0.29, 0.717) is 16.3 Å². The molecule has 102 valence electrons. The molecule has 7 heteroatoms. The first-order valence-corrected chi connectivity index (χ1v) is 6.33. The summed E-state index contributed by atoms with van der Waals surface area (Å²) >= 11 is 5.90. The van der Waals surface area contributed by atoms with E-state index in [1.165, 1.54) is 0 Å². The number of amidine groups is 1. The minimum atomic E-state index is -0.202. The Morgan fingerprint density at radius 1 is 1.42 bits per heavy atom. The van der Waals surface area contributed by atoms with Crippen LogP contribution in [0.15, 0.2) is 23.4 Å². The highest BCUT2D eigenvalue weighted by Crippen LogP contribution is 2.22. The monoisotopic (exact) mass is 282 g/mol. The maximum atomic E-state index is 12.0. The van der Waals surface area contributed by atoms with Gasteiger partial charge in [0.05, 0.1) is 5.69 Å². The minimum Gasteiger partial charge on any atom is -0.409 e. The number of anilines is 1. The van der Waals surface area contributed by atoms with E-state index in [4.69, 9.17) is 22.5 Å². The van der Waals surface area contributed by atoms with Gasteiger partial charge in [0.25, 0.3) is 0 Å². The second kappa shape index (κ2) is 5.79. The summed E-state index contributed by atoms with van der Waals surface area (Å²) in [5.74, 6) is -0.0756. The molecule has 1 aliphatic heterocycles. The fourth-order valence-electron chi connectivity index (χ4n) is 2.01. The van der Waals surface area contributed by atoms with Crippen molar-refractivity contribution in [2.75, 3.05) is 18.4 Å². The second-order valence-corrected chi connectivity index (χ2v) is 4.74. The maximum absolute atomic E-state index is 12.0. The Balaban J connectivity index is 2.22. The lowest BCUT2D eigenvalue weighted by Crippen LogP contribution is -2.33. The molecule has 2 amide bonds. The number of hydrogen-bond donors (Lipinski definition) is 3. The molecule has 1 aliphatic rings. The van der Waals surface area contributed by atoms with Crippen LogP contribution < -0.4 is 11.1 Å². The van der Waals surface area contributed by atoms with Gasteiger partial charge in [0.2, 0.25) is 0 Å². The molecule has 6 nitrogen and oxygen atoms in total. The molecule has 0 unspecified atom stereocenters. The summed E-state index contributed by atoms with van der Waals surface area (Å²) in [5.41, 5.74) is 6.43. The summed E-state index contributed by atoms with van der Waals surface area (Å²) in [4.78, 5) is 13.7. The van der Waals surface area contributed by atoms with E-state index in [2.05, 4.69) is 10.5 Å². The number of benzene rings is 1. The first-order chi connectivity index (χ1) is 9.11. The van der Waals surface area contributed by atoms with Crippen LogP contribution in [-0.2, 0) is 0 Å². The molecule has 0 atom stereocenters. The predicted molar refractivity (Wildman–Crippen MR) is 73.8 cm³/mol. The number of nitrogens with two attached hydrogens (primary N) is 1. The molecule has 1 aromatic rings. The highest BCUT2D eigenvalue weighted by molar-refractivity contribution is 6.31. The minimum absolute atomic E-state index is 0.0756. The van der Waals surface area contributed by atoms with E-state index in [-0.39, 0.29) is 11.9 Å². The van der Waals surface area contributed by atoms with Crippen molar-refractivity contribution >= 4 is 29.2 Å². The van der Waals surface area contributed by atoms with Gasteiger partial charge in [-0.05, 0) is 31.0 Å². The Hall–Kier alpha value is -1.95. The molecule has 1 saturated heterocycles. The van der Waals surface area contributed by atoms with Crippen molar-refractivity contribution in [2.24, 2.45) is 10.9 Å². The largest absolute Gasteiger partial charge is 0.409 e. The van der Waals surface area contributed by atoms with Gasteiger partial charge in [-0.1, -0.05) is 16.8 Å². The number of carbonyl (C=O) groups excluding carboxylic acids is 1. The molecule has 0 saturated carbocycles. The van der Waals surface area contributed by atoms with Crippen LogP contribution in [0.2, 0.25) is 5.02 Å². The fraction of sp³-hybridized carbons (Fsp3) is 0.333. The normalized spacial score (nSPS) is 15.6. The number of rotatable bonds is 2. The Bertz CT molecular complexity index is 512. The molecule has 19 heavy (non-hydrogen) atoms. The number of nitrogens with one attached hydrogen (secondary N) is 1. The number of carbonyl (C=O) groups is 1. The van der Waals surface area contributed by atoms with Crippen molar-refractivity contribution in [1.29, 1.82) is 0 Å². The number of amides is 2. The van der Waals surface area contributed by atoms with Gasteiger partial charge in [0, 0.05) is 23.7 Å². The van der Waals surface area contributed by atoms with E-state index >= 15 is 0 Å². The molecule has 0 spiro atoms. The van der Waals surface area contributed by atoms with E-state index in [1.807, 2.05) is 0 Å². The molecule has 0 aromatic heterocycles. The smallest absolute Gasteiger partial charge is 0.321 e. The van der Waals surface area contributed by atoms with Crippen LogP contribution in [-0.4, -0.2) is 35.1 Å². The molecule has 0 radical (unpaired) electrons. The standard InChI is InChI=1S/C12H15ClN4O2/c13-8-3-4-9(11(14)16-19)10(7-8)15-12(18)17-5-1-2-6-17/h3-4,7,19H,1-2,5-6H2,(H2,14,16)(H,15,18). The van der Waals surface area contributed by atoms with Crippen molar-refractivity contribution < 1.29 is 10.0 Å². The third kappa shape index (κ3) is 3.08. The van der Waals surface area contributed by atoms with E-state index in [0.717, 1.165) is 25.9 Å². The van der Waals surface area contributed by atoms with Gasteiger partial charge in [-0.15, -0.1) is 0 Å². The summed E-state index contributed by atoms with van der Waals surface area (Å²) in [7, 11) is 0. The van der Waals surface area contributed by atoms with Crippen molar-refractivity contribution in [3.05, 3.63) is 28.8 Å². The molecule has 4 N–H and O–H groups in total. The number of nitrogens with zero attached hydrogens (tertiary/aromatic N) is 2. The quantitative estimate of drug-likeness (QED) is 0.336. The van der Waals surface area contributed by atoms with Gasteiger partial charge in [0.15, 0.2) is 5.84 Å². The summed E-state index contributed by atoms with van der Waals surface area (Å²) in [6.45, 7) is 1.48. The van der Waals surface area contributed by atoms with Gasteiger partial charge >= 0.3 is 6.03 Å². The highest BCUT2D eigenvalue weighted by atomic mass is 35.5. The number of likely N-dealkylation sites (tertiary alicyclic amines) is 1. The second-order valence-electron chi connectivity index (χ2n) is 4.30. The van der Waals surface area contributed by atoms with Crippen molar-refractivity contribution in [1.82, 2.24) is 4.90 Å². The van der Waals surface area contributed by atoms with Gasteiger partial charge in [-0.2, -0.15) is 0 Å². The van der Waals surface area contributed by atoms with Crippen LogP contribution in [0.3, 0.4) is 0 Å². The molecule has 1 heterocycles. The lowest BCUT2D eigenvalue weighted by atomic mass is 10.1. The SMILES string of the molecule is NC(=NO)c1ccc(Cl)cc1NC(=O)N1CCCC1. The van der Waals surface area contributed by atoms with Gasteiger partial charge in [-0.3, -0.25) is 0 Å². The molecular formula is C12H15ClN4O2. The van der Waals surface area contributed by atoms with Crippen molar-refractivity contribution in [3.8, 4) is 0 Å². The van der Waals surface area contributed by atoms with E-state index < -0.39 is 0 Å². The Morgan fingerprint density at radius 2 is 2.11 bits per heavy atom. The summed E-state index contributed by atoms with van der Waals surface area (Å²) in [5, 5.41) is 14.9. The fourth-order valence-corrected chi connectivity index (χ4v) is 2.18. The van der Waals surface area contributed by atoms with Crippen molar-refractivity contribution in [2.45, 2.75) is 12.8 Å². The lowest BCUT2D eigenvalue weighted by molar-refractivity contribution is 0.222. The van der Waals surface area contributed by atoms with E-state index in [9.17, 15) is 4.79 Å². The molecule has 1 aromatic carbocycles. The summed E-state index contributed by atoms with van der Waals surface area (Å²) in [6, 6.07) is 4.58. The lowest BCUT2D eigenvalue weighted by Gasteiger charge is -2.17. The maximum Gasteiger partial charge on any atom is 0.321 e. The predicted octanol–water partition coefficient (Wildman–Crippen LogP) is 2.06. The Morgan fingerprint density at radius 3 is 2.74 bits per heavy atom. The van der Waals surface area contributed by atoms with Crippen LogP contribution in [0.1, 0.15) is 18.4 Å². The highest BCUT2D eigenvalue weighted by Gasteiger charge is 2.19. The molecule has 0 bridgehead atoms. The average Bonchev–Trinajstić information content (AvgIpc) is 2.92. The molecular weight excluding hydrogens is 268 g/mol. The number of urea groups is 1. The number of hydrogen-bond acceptors (Lipinski definition) is 3. The van der Waals surface area contributed by atoms with Crippen LogP contribution >= 0.6 is 11.6 Å². The molecule has 1 fully saturated rings. The first kappa shape index (κ1) is 13.5. The van der Waals surface area contributed by atoms with Gasteiger partial charge < -0.3 is 21.2 Å². The third-order valence-corrected chi connectivity index (χ3v) is 3.24. The average molecular weight is 283 g/mol. The summed E-state index contributed by atoms with van der Waals surface area (Å²) in [6.07, 6.45) is 2.02. The van der Waals surface area contributed by atoms with Gasteiger partial charge in [0.1, 0.15) is 0 Å². The number of halogens is 1. The van der Waals surface area contributed by atoms with Gasteiger partial charge in [-0.25, -0.2) is 4.79 Å². The van der Waals surface area contributed by atoms with Crippen LogP contribution in [0.5, 0.6) is 0 Å².